The average molecular weight is 892 g/mol. The van der Waals surface area contributed by atoms with Crippen LogP contribution in [-0.2, 0) is 28.6 Å². The summed E-state index contributed by atoms with van der Waals surface area (Å²) in [7, 11) is 0. The number of carbonyl (C=O) groups is 3. The van der Waals surface area contributed by atoms with Crippen molar-refractivity contribution in [2.24, 2.45) is 5.92 Å². The van der Waals surface area contributed by atoms with Crippen molar-refractivity contribution in [3.63, 3.8) is 0 Å². The summed E-state index contributed by atoms with van der Waals surface area (Å²) in [4.78, 5) is 38.0. The van der Waals surface area contributed by atoms with Crippen molar-refractivity contribution >= 4 is 17.9 Å². The van der Waals surface area contributed by atoms with Gasteiger partial charge in [-0.15, -0.1) is 0 Å². The predicted octanol–water partition coefficient (Wildman–Crippen LogP) is 18.6. The van der Waals surface area contributed by atoms with Crippen molar-refractivity contribution in [1.82, 2.24) is 0 Å². The van der Waals surface area contributed by atoms with Gasteiger partial charge in [0.25, 0.3) is 0 Å². The van der Waals surface area contributed by atoms with Crippen molar-refractivity contribution in [2.45, 2.75) is 329 Å². The zero-order valence-corrected chi connectivity index (χ0v) is 43.0. The van der Waals surface area contributed by atoms with Crippen molar-refractivity contribution in [3.05, 3.63) is 0 Å². The van der Waals surface area contributed by atoms with Gasteiger partial charge in [0, 0.05) is 19.3 Å². The highest BCUT2D eigenvalue weighted by molar-refractivity contribution is 5.71. The Morgan fingerprint density at radius 2 is 0.556 bits per heavy atom. The maximum absolute atomic E-state index is 12.8. The van der Waals surface area contributed by atoms with Gasteiger partial charge in [-0.05, 0) is 25.2 Å². The van der Waals surface area contributed by atoms with E-state index in [9.17, 15) is 14.4 Å². The minimum atomic E-state index is -0.762. The minimum absolute atomic E-state index is 0.0633. The predicted molar refractivity (Wildman–Crippen MR) is 270 cm³/mol. The van der Waals surface area contributed by atoms with E-state index < -0.39 is 6.10 Å². The van der Waals surface area contributed by atoms with E-state index >= 15 is 0 Å². The molecule has 0 saturated heterocycles. The van der Waals surface area contributed by atoms with Gasteiger partial charge in [-0.1, -0.05) is 285 Å². The Morgan fingerprint density at radius 1 is 0.317 bits per heavy atom. The van der Waals surface area contributed by atoms with E-state index in [1.807, 2.05) is 0 Å². The van der Waals surface area contributed by atoms with Gasteiger partial charge in [0.2, 0.25) is 0 Å². The minimum Gasteiger partial charge on any atom is -0.462 e. The van der Waals surface area contributed by atoms with Gasteiger partial charge in [-0.2, -0.15) is 0 Å². The topological polar surface area (TPSA) is 78.9 Å². The fourth-order valence-corrected chi connectivity index (χ4v) is 8.72. The fourth-order valence-electron chi connectivity index (χ4n) is 8.72. The normalized spacial score (nSPS) is 12.4. The maximum atomic E-state index is 12.8. The first-order valence-electron chi connectivity index (χ1n) is 28.4. The van der Waals surface area contributed by atoms with Crippen LogP contribution in [0.15, 0.2) is 0 Å². The van der Waals surface area contributed by atoms with Gasteiger partial charge in [-0.3, -0.25) is 14.4 Å². The van der Waals surface area contributed by atoms with Crippen LogP contribution in [0.5, 0.6) is 0 Å². The molecule has 1 unspecified atom stereocenters. The summed E-state index contributed by atoms with van der Waals surface area (Å²) in [6.45, 7) is 9.02. The molecule has 0 bridgehead atoms. The number of hydrogen-bond donors (Lipinski definition) is 0. The lowest BCUT2D eigenvalue weighted by Gasteiger charge is -2.18. The SMILES string of the molecule is CCCCCCCCCCCCCCCCCCCCC(=O)OC[C@@H](COC(=O)CCCCCCCCCCCCCCCCCCC)OC(=O)CCCCCCCCC(C)CC. The number of esters is 3. The molecule has 0 aromatic heterocycles. The van der Waals surface area contributed by atoms with E-state index in [4.69, 9.17) is 14.2 Å². The average Bonchev–Trinajstić information content (AvgIpc) is 3.28. The Hall–Kier alpha value is -1.59. The second kappa shape index (κ2) is 51.4. The Morgan fingerprint density at radius 3 is 0.825 bits per heavy atom. The molecule has 6 heteroatoms. The molecule has 0 saturated carbocycles. The van der Waals surface area contributed by atoms with E-state index in [0.717, 1.165) is 63.7 Å². The molecular formula is C57H110O6. The molecule has 0 amide bonds. The first kappa shape index (κ1) is 61.4. The Labute approximate surface area is 393 Å². The van der Waals surface area contributed by atoms with Crippen LogP contribution < -0.4 is 0 Å². The molecule has 2 atom stereocenters. The van der Waals surface area contributed by atoms with E-state index in [1.54, 1.807) is 0 Å². The van der Waals surface area contributed by atoms with E-state index in [0.29, 0.717) is 19.3 Å². The number of rotatable bonds is 52. The molecule has 374 valence electrons. The van der Waals surface area contributed by atoms with Crippen LogP contribution in [0.3, 0.4) is 0 Å². The zero-order chi connectivity index (χ0) is 45.9. The lowest BCUT2D eigenvalue weighted by atomic mass is 10.00. The number of hydrogen-bond acceptors (Lipinski definition) is 6. The maximum Gasteiger partial charge on any atom is 0.306 e. The van der Waals surface area contributed by atoms with Gasteiger partial charge in [0.1, 0.15) is 13.2 Å². The van der Waals surface area contributed by atoms with Gasteiger partial charge >= 0.3 is 17.9 Å². The second-order valence-electron chi connectivity index (χ2n) is 19.8. The van der Waals surface area contributed by atoms with Crippen LogP contribution in [-0.4, -0.2) is 37.2 Å². The van der Waals surface area contributed by atoms with Crippen LogP contribution >= 0.6 is 0 Å². The van der Waals surface area contributed by atoms with Crippen molar-refractivity contribution in [1.29, 1.82) is 0 Å². The monoisotopic (exact) mass is 891 g/mol. The molecule has 6 nitrogen and oxygen atoms in total. The molecule has 0 spiro atoms. The molecule has 0 aromatic carbocycles. The summed E-state index contributed by atoms with van der Waals surface area (Å²) in [5.74, 6) is -0.0323. The van der Waals surface area contributed by atoms with E-state index in [2.05, 4.69) is 27.7 Å². The summed E-state index contributed by atoms with van der Waals surface area (Å²) < 4.78 is 16.9. The highest BCUT2D eigenvalue weighted by atomic mass is 16.6. The summed E-state index contributed by atoms with van der Waals surface area (Å²) in [5, 5.41) is 0. The third-order valence-electron chi connectivity index (χ3n) is 13.4. The first-order chi connectivity index (χ1) is 30.9. The lowest BCUT2D eigenvalue weighted by molar-refractivity contribution is -0.167. The van der Waals surface area contributed by atoms with Crippen molar-refractivity contribution < 1.29 is 28.6 Å². The number of unbranched alkanes of at least 4 members (excludes halogenated alkanes) is 38. The smallest absolute Gasteiger partial charge is 0.306 e. The highest BCUT2D eigenvalue weighted by Gasteiger charge is 2.19. The van der Waals surface area contributed by atoms with Crippen LogP contribution in [0.25, 0.3) is 0 Å². The molecule has 0 N–H and O–H groups in total. The van der Waals surface area contributed by atoms with Crippen LogP contribution in [0.4, 0.5) is 0 Å². The molecular weight excluding hydrogens is 781 g/mol. The van der Waals surface area contributed by atoms with Crippen LogP contribution in [0.1, 0.15) is 323 Å². The summed E-state index contributed by atoms with van der Waals surface area (Å²) in [6, 6.07) is 0. The first-order valence-corrected chi connectivity index (χ1v) is 28.4. The molecule has 0 aliphatic rings. The molecule has 0 aliphatic heterocycles. The van der Waals surface area contributed by atoms with Crippen LogP contribution in [0.2, 0.25) is 0 Å². The molecule has 0 heterocycles. The quantitative estimate of drug-likeness (QED) is 0.0344. The Kier molecular flexibility index (Phi) is 50.1. The summed E-state index contributed by atoms with van der Waals surface area (Å²) in [6.07, 6.45) is 55.3. The summed E-state index contributed by atoms with van der Waals surface area (Å²) in [5.41, 5.74) is 0. The van der Waals surface area contributed by atoms with Crippen molar-refractivity contribution in [2.75, 3.05) is 13.2 Å². The lowest BCUT2D eigenvalue weighted by Crippen LogP contribution is -2.30. The molecule has 0 aromatic rings. The molecule has 0 rings (SSSR count). The Bertz CT molecular complexity index is 951. The van der Waals surface area contributed by atoms with Crippen LogP contribution in [0, 0.1) is 5.92 Å². The largest absolute Gasteiger partial charge is 0.462 e. The van der Waals surface area contributed by atoms with Gasteiger partial charge in [0.15, 0.2) is 6.10 Å². The van der Waals surface area contributed by atoms with E-state index in [1.165, 1.54) is 218 Å². The number of carbonyl (C=O) groups excluding carboxylic acids is 3. The number of ether oxygens (including phenoxy) is 3. The van der Waals surface area contributed by atoms with Gasteiger partial charge < -0.3 is 14.2 Å². The molecule has 63 heavy (non-hydrogen) atoms. The molecule has 0 aliphatic carbocycles. The van der Waals surface area contributed by atoms with E-state index in [-0.39, 0.29) is 31.1 Å². The van der Waals surface area contributed by atoms with Gasteiger partial charge in [0.05, 0.1) is 0 Å². The third kappa shape index (κ3) is 49.7. The van der Waals surface area contributed by atoms with Gasteiger partial charge in [-0.25, -0.2) is 0 Å². The third-order valence-corrected chi connectivity index (χ3v) is 13.4. The second-order valence-corrected chi connectivity index (χ2v) is 19.8. The summed E-state index contributed by atoms with van der Waals surface area (Å²) >= 11 is 0. The highest BCUT2D eigenvalue weighted by Crippen LogP contribution is 2.18. The Balaban J connectivity index is 4.22. The molecule has 0 radical (unpaired) electrons. The zero-order valence-electron chi connectivity index (χ0n) is 43.0. The standard InChI is InChI=1S/C57H110O6/c1-5-8-10-12-14-16-18-20-22-24-26-28-30-32-34-36-41-45-49-56(59)62-52-54(63-57(60)50-46-42-38-37-39-43-47-53(4)7-3)51-61-55(58)48-44-40-35-33-31-29-27-25-23-21-19-17-15-13-11-9-6-2/h53-54H,5-52H2,1-4H3/t53?,54-/m1/s1. The van der Waals surface area contributed by atoms with Crippen molar-refractivity contribution in [3.8, 4) is 0 Å². The molecule has 0 fully saturated rings. The fraction of sp³-hybridized carbons (Fsp3) is 0.947.